The van der Waals surface area contributed by atoms with Gasteiger partial charge in [0.15, 0.2) is 5.82 Å². The molecule has 0 radical (unpaired) electrons. The Morgan fingerprint density at radius 3 is 3.06 bits per heavy atom. The maximum absolute atomic E-state index is 5.90. The molecule has 2 N–H and O–H groups in total. The van der Waals surface area contributed by atoms with E-state index in [1.54, 1.807) is 6.33 Å². The fourth-order valence-electron chi connectivity index (χ4n) is 1.96. The topological polar surface area (TPSA) is 72.9 Å². The Bertz CT molecular complexity index is 547. The molecule has 0 bridgehead atoms. The molecular weight excluding hydrogens is 216 g/mol. The predicted molar refractivity (Wildman–Crippen MR) is 64.5 cm³/mol. The third kappa shape index (κ3) is 1.71. The van der Waals surface area contributed by atoms with E-state index in [1.807, 2.05) is 19.2 Å². The van der Waals surface area contributed by atoms with Crippen LogP contribution in [0.1, 0.15) is 11.4 Å². The first-order chi connectivity index (χ1) is 8.24. The summed E-state index contributed by atoms with van der Waals surface area (Å²) in [7, 11) is 0. The van der Waals surface area contributed by atoms with E-state index < -0.39 is 0 Å². The summed E-state index contributed by atoms with van der Waals surface area (Å²) in [5, 5.41) is 7.99. The van der Waals surface area contributed by atoms with Gasteiger partial charge in [-0.05, 0) is 12.5 Å². The predicted octanol–water partition coefficient (Wildman–Crippen LogP) is 0.584. The SMILES string of the molecule is Cc1cnc(N2CCn3cnnc3C2)cc1N. The minimum absolute atomic E-state index is 0.732. The molecule has 1 aliphatic rings. The van der Waals surface area contributed by atoms with Gasteiger partial charge in [0.05, 0.1) is 6.54 Å². The molecule has 2 aromatic rings. The lowest BCUT2D eigenvalue weighted by Crippen LogP contribution is -2.34. The summed E-state index contributed by atoms with van der Waals surface area (Å²) in [5.41, 5.74) is 7.69. The lowest BCUT2D eigenvalue weighted by Gasteiger charge is -2.28. The monoisotopic (exact) mass is 230 g/mol. The van der Waals surface area contributed by atoms with Crippen molar-refractivity contribution in [2.24, 2.45) is 0 Å². The van der Waals surface area contributed by atoms with Gasteiger partial charge in [0, 0.05) is 31.0 Å². The van der Waals surface area contributed by atoms with E-state index >= 15 is 0 Å². The minimum Gasteiger partial charge on any atom is -0.398 e. The molecule has 0 unspecified atom stereocenters. The largest absolute Gasteiger partial charge is 0.398 e. The van der Waals surface area contributed by atoms with Crippen LogP contribution in [0.3, 0.4) is 0 Å². The number of pyridine rings is 1. The van der Waals surface area contributed by atoms with Gasteiger partial charge in [-0.1, -0.05) is 0 Å². The van der Waals surface area contributed by atoms with Gasteiger partial charge >= 0.3 is 0 Å². The second-order valence-corrected chi connectivity index (χ2v) is 4.26. The highest BCUT2D eigenvalue weighted by Gasteiger charge is 2.18. The van der Waals surface area contributed by atoms with E-state index in [1.165, 1.54) is 0 Å². The van der Waals surface area contributed by atoms with Crippen molar-refractivity contribution in [3.05, 3.63) is 30.0 Å². The van der Waals surface area contributed by atoms with Crippen LogP contribution in [0.5, 0.6) is 0 Å². The van der Waals surface area contributed by atoms with Crippen LogP contribution in [0.4, 0.5) is 11.5 Å². The van der Waals surface area contributed by atoms with Crippen LogP contribution >= 0.6 is 0 Å². The van der Waals surface area contributed by atoms with Crippen LogP contribution in [0, 0.1) is 6.92 Å². The molecule has 3 rings (SSSR count). The van der Waals surface area contributed by atoms with Gasteiger partial charge in [-0.2, -0.15) is 0 Å². The van der Waals surface area contributed by atoms with Gasteiger partial charge in [0.1, 0.15) is 12.1 Å². The van der Waals surface area contributed by atoms with Gasteiger partial charge in [0.2, 0.25) is 0 Å². The van der Waals surface area contributed by atoms with E-state index in [2.05, 4.69) is 24.6 Å². The number of aryl methyl sites for hydroxylation is 1. The number of nitrogen functional groups attached to an aromatic ring is 1. The second kappa shape index (κ2) is 3.73. The summed E-state index contributed by atoms with van der Waals surface area (Å²) in [6.45, 7) is 4.48. The van der Waals surface area contributed by atoms with Gasteiger partial charge in [-0.3, -0.25) is 0 Å². The zero-order chi connectivity index (χ0) is 11.8. The molecule has 0 atom stereocenters. The van der Waals surface area contributed by atoms with Crippen LogP contribution in [0.2, 0.25) is 0 Å². The lowest BCUT2D eigenvalue weighted by atomic mass is 10.2. The number of nitrogens with zero attached hydrogens (tertiary/aromatic N) is 5. The zero-order valence-corrected chi connectivity index (χ0v) is 9.67. The average molecular weight is 230 g/mol. The molecule has 17 heavy (non-hydrogen) atoms. The van der Waals surface area contributed by atoms with Crippen LogP contribution < -0.4 is 10.6 Å². The molecule has 0 saturated carbocycles. The molecule has 0 spiro atoms. The molecule has 0 saturated heterocycles. The first-order valence-corrected chi connectivity index (χ1v) is 5.58. The summed E-state index contributed by atoms with van der Waals surface area (Å²) in [6, 6.07) is 1.92. The van der Waals surface area contributed by atoms with Crippen molar-refractivity contribution >= 4 is 11.5 Å². The number of nitrogens with two attached hydrogens (primary N) is 1. The molecule has 6 nitrogen and oxygen atoms in total. The van der Waals surface area contributed by atoms with Crippen LogP contribution in [-0.4, -0.2) is 26.3 Å². The summed E-state index contributed by atoms with van der Waals surface area (Å²) in [5.74, 6) is 1.87. The number of hydrogen-bond donors (Lipinski definition) is 1. The van der Waals surface area contributed by atoms with E-state index in [4.69, 9.17) is 5.73 Å². The number of aromatic nitrogens is 4. The number of fused-ring (bicyclic) bond motifs is 1. The third-order valence-corrected chi connectivity index (χ3v) is 3.09. The van der Waals surface area contributed by atoms with Gasteiger partial charge in [-0.15, -0.1) is 10.2 Å². The highest BCUT2D eigenvalue weighted by molar-refractivity contribution is 5.54. The highest BCUT2D eigenvalue weighted by atomic mass is 15.3. The molecular formula is C11H14N6. The van der Waals surface area contributed by atoms with Crippen molar-refractivity contribution in [1.82, 2.24) is 19.7 Å². The normalized spacial score (nSPS) is 14.8. The molecule has 6 heteroatoms. The maximum atomic E-state index is 5.90. The van der Waals surface area contributed by atoms with Crippen molar-refractivity contribution in [2.75, 3.05) is 17.2 Å². The smallest absolute Gasteiger partial charge is 0.152 e. The van der Waals surface area contributed by atoms with Crippen molar-refractivity contribution in [1.29, 1.82) is 0 Å². The highest BCUT2D eigenvalue weighted by Crippen LogP contribution is 2.21. The second-order valence-electron chi connectivity index (χ2n) is 4.26. The summed E-state index contributed by atoms with van der Waals surface area (Å²) in [6.07, 6.45) is 3.58. The van der Waals surface area contributed by atoms with E-state index in [0.29, 0.717) is 0 Å². The average Bonchev–Trinajstić information content (AvgIpc) is 2.79. The molecule has 1 aliphatic heterocycles. The molecule has 0 aromatic carbocycles. The van der Waals surface area contributed by atoms with E-state index in [0.717, 1.165) is 42.5 Å². The molecule has 0 fully saturated rings. The van der Waals surface area contributed by atoms with E-state index in [9.17, 15) is 0 Å². The Balaban J connectivity index is 1.89. The Labute approximate surface area is 99.1 Å². The summed E-state index contributed by atoms with van der Waals surface area (Å²) < 4.78 is 2.06. The Morgan fingerprint density at radius 2 is 2.24 bits per heavy atom. The maximum Gasteiger partial charge on any atom is 0.152 e. The molecule has 0 amide bonds. The summed E-state index contributed by atoms with van der Waals surface area (Å²) in [4.78, 5) is 6.58. The van der Waals surface area contributed by atoms with Crippen molar-refractivity contribution < 1.29 is 0 Å². The van der Waals surface area contributed by atoms with Crippen LogP contribution in [0.15, 0.2) is 18.6 Å². The zero-order valence-electron chi connectivity index (χ0n) is 9.67. The standard InChI is InChI=1S/C11H14N6/c1-8-5-13-10(4-9(8)12)16-2-3-17-7-14-15-11(17)6-16/h4-5,7H,2-3,6H2,1H3,(H2,12,13). The fraction of sp³-hybridized carbons (Fsp3) is 0.364. The Morgan fingerprint density at radius 1 is 1.35 bits per heavy atom. The van der Waals surface area contributed by atoms with E-state index in [-0.39, 0.29) is 0 Å². The molecule has 0 aliphatic carbocycles. The lowest BCUT2D eigenvalue weighted by molar-refractivity contribution is 0.556. The van der Waals surface area contributed by atoms with Crippen molar-refractivity contribution in [3.8, 4) is 0 Å². The van der Waals surface area contributed by atoms with Crippen LogP contribution in [-0.2, 0) is 13.1 Å². The molecule has 2 aromatic heterocycles. The Kier molecular flexibility index (Phi) is 2.21. The first kappa shape index (κ1) is 10.1. The third-order valence-electron chi connectivity index (χ3n) is 3.09. The first-order valence-electron chi connectivity index (χ1n) is 5.58. The molecule has 3 heterocycles. The molecule has 88 valence electrons. The Hall–Kier alpha value is -2.11. The summed E-state index contributed by atoms with van der Waals surface area (Å²) >= 11 is 0. The number of rotatable bonds is 1. The van der Waals surface area contributed by atoms with Gasteiger partial charge < -0.3 is 15.2 Å². The minimum atomic E-state index is 0.732. The van der Waals surface area contributed by atoms with Crippen molar-refractivity contribution in [2.45, 2.75) is 20.0 Å². The van der Waals surface area contributed by atoms with Gasteiger partial charge in [-0.25, -0.2) is 4.98 Å². The van der Waals surface area contributed by atoms with Crippen molar-refractivity contribution in [3.63, 3.8) is 0 Å². The number of anilines is 2. The quantitative estimate of drug-likeness (QED) is 0.776. The van der Waals surface area contributed by atoms with Crippen LogP contribution in [0.25, 0.3) is 0 Å². The number of hydrogen-bond acceptors (Lipinski definition) is 5. The fourth-order valence-corrected chi connectivity index (χ4v) is 1.96. The van der Waals surface area contributed by atoms with Gasteiger partial charge in [0.25, 0.3) is 0 Å².